The Morgan fingerprint density at radius 3 is 2.70 bits per heavy atom. The van der Waals surface area contributed by atoms with Gasteiger partial charge in [-0.3, -0.25) is 14.2 Å². The third kappa shape index (κ3) is 4.66. The Hall–Kier alpha value is -2.03. The lowest BCUT2D eigenvalue weighted by Crippen LogP contribution is -2.53. The fraction of sp³-hybridized carbons (Fsp3) is 0.600. The molecule has 180 valence electrons. The van der Waals surface area contributed by atoms with Gasteiger partial charge >= 0.3 is 12.1 Å². The van der Waals surface area contributed by atoms with Crippen LogP contribution in [-0.4, -0.2) is 67.5 Å². The van der Waals surface area contributed by atoms with E-state index in [2.05, 4.69) is 15.3 Å². The van der Waals surface area contributed by atoms with Crippen LogP contribution in [0.25, 0.3) is 11.0 Å². The smallest absolute Gasteiger partial charge is 0.388 e. The van der Waals surface area contributed by atoms with Crippen molar-refractivity contribution < 1.29 is 27.5 Å². The van der Waals surface area contributed by atoms with Gasteiger partial charge in [-0.05, 0) is 61.3 Å². The van der Waals surface area contributed by atoms with Crippen molar-refractivity contribution in [3.05, 3.63) is 26.2 Å². The molecule has 2 N–H and O–H groups in total. The van der Waals surface area contributed by atoms with Gasteiger partial charge in [-0.2, -0.15) is 18.2 Å². The number of aromatic nitrogens is 3. The van der Waals surface area contributed by atoms with E-state index in [4.69, 9.17) is 0 Å². The van der Waals surface area contributed by atoms with Crippen LogP contribution >= 0.6 is 22.6 Å². The molecular formula is C20H22F4IN5O3. The molecule has 0 radical (unpaired) electrons. The fourth-order valence-corrected chi connectivity index (χ4v) is 5.18. The minimum absolute atomic E-state index is 0.0118. The van der Waals surface area contributed by atoms with Crippen molar-refractivity contribution in [2.24, 2.45) is 0 Å². The van der Waals surface area contributed by atoms with Gasteiger partial charge in [-0.25, -0.2) is 9.37 Å². The quantitative estimate of drug-likeness (QED) is 0.426. The van der Waals surface area contributed by atoms with Crippen LogP contribution in [0.15, 0.2) is 17.1 Å². The highest BCUT2D eigenvalue weighted by molar-refractivity contribution is 14.1. The summed E-state index contributed by atoms with van der Waals surface area (Å²) in [5.41, 5.74) is -1.12. The second-order valence-electron chi connectivity index (χ2n) is 8.71. The zero-order valence-corrected chi connectivity index (χ0v) is 19.7. The molecule has 1 aliphatic carbocycles. The lowest BCUT2D eigenvalue weighted by atomic mass is 10.00. The molecule has 4 rings (SSSR count). The molecule has 2 aromatic rings. The van der Waals surface area contributed by atoms with Crippen molar-refractivity contribution >= 4 is 45.5 Å². The first-order chi connectivity index (χ1) is 15.4. The number of piperidine rings is 1. The van der Waals surface area contributed by atoms with Crippen molar-refractivity contribution in [2.45, 2.75) is 62.6 Å². The molecule has 1 amide bonds. The number of amides is 1. The van der Waals surface area contributed by atoms with E-state index in [-0.39, 0.29) is 30.1 Å². The Bertz CT molecular complexity index is 1140. The maximum Gasteiger partial charge on any atom is 0.471 e. The van der Waals surface area contributed by atoms with Crippen LogP contribution < -0.4 is 10.9 Å². The zero-order valence-electron chi connectivity index (χ0n) is 17.6. The Morgan fingerprint density at radius 1 is 1.36 bits per heavy atom. The van der Waals surface area contributed by atoms with Crippen LogP contribution in [-0.2, 0) is 4.79 Å². The molecule has 13 heteroatoms. The number of nitrogens with one attached hydrogen (secondary N) is 1. The summed E-state index contributed by atoms with van der Waals surface area (Å²) in [6.07, 6.45) is -3.54. The minimum atomic E-state index is -5.05. The number of likely N-dealkylation sites (tertiary alicyclic amines) is 1. The first-order valence-electron chi connectivity index (χ1n) is 10.5. The van der Waals surface area contributed by atoms with Crippen molar-refractivity contribution in [1.82, 2.24) is 19.4 Å². The van der Waals surface area contributed by atoms with E-state index in [1.807, 2.05) is 22.6 Å². The third-order valence-electron chi connectivity index (χ3n) is 6.31. The van der Waals surface area contributed by atoms with E-state index in [9.17, 15) is 32.3 Å². The number of hydrogen-bond acceptors (Lipinski definition) is 6. The molecule has 33 heavy (non-hydrogen) atoms. The maximum absolute atomic E-state index is 14.6. The molecule has 0 bridgehead atoms. The number of halogens is 5. The minimum Gasteiger partial charge on any atom is -0.388 e. The number of carbonyl (C=O) groups is 1. The first-order valence-corrected chi connectivity index (χ1v) is 11.5. The molecule has 4 atom stereocenters. The van der Waals surface area contributed by atoms with Gasteiger partial charge in [0.15, 0.2) is 0 Å². The summed E-state index contributed by atoms with van der Waals surface area (Å²) in [6.45, 7) is 0.710. The Balaban J connectivity index is 1.61. The van der Waals surface area contributed by atoms with E-state index in [1.54, 1.807) is 13.0 Å². The lowest BCUT2D eigenvalue weighted by Gasteiger charge is -2.35. The number of aliphatic hydroxyl groups is 1. The standard InChI is InChI=1S/C20H22F4IN5O3/c1-19(33)5-2-3-14(19)30-15-10(7-12(25)16(30)31)8-26-18(28-15)27-13-4-6-29(9-11(13)21)17(32)20(22,23)24/h7-8,11,13-14,33H,2-6,9H2,1H3,(H,26,27,28)/t11-,13-,14-,19-/m1/s1. The molecule has 1 saturated carbocycles. The average Bonchev–Trinajstić information content (AvgIpc) is 3.08. The average molecular weight is 583 g/mol. The van der Waals surface area contributed by atoms with Gasteiger partial charge in [0, 0.05) is 18.1 Å². The second-order valence-corrected chi connectivity index (χ2v) is 9.87. The van der Waals surface area contributed by atoms with Gasteiger partial charge in [0.05, 0.1) is 27.8 Å². The number of alkyl halides is 4. The Kier molecular flexibility index (Phi) is 6.31. The zero-order chi connectivity index (χ0) is 24.1. The Labute approximate surface area is 199 Å². The highest BCUT2D eigenvalue weighted by Crippen LogP contribution is 2.39. The summed E-state index contributed by atoms with van der Waals surface area (Å²) in [5, 5.41) is 14.2. The molecule has 1 saturated heterocycles. The number of carbonyl (C=O) groups excluding carboxylic acids is 1. The summed E-state index contributed by atoms with van der Waals surface area (Å²) in [4.78, 5) is 33.4. The van der Waals surface area contributed by atoms with Crippen molar-refractivity contribution in [3.8, 4) is 0 Å². The summed E-state index contributed by atoms with van der Waals surface area (Å²) >= 11 is 1.92. The second kappa shape index (κ2) is 8.64. The van der Waals surface area contributed by atoms with Crippen molar-refractivity contribution in [3.63, 3.8) is 0 Å². The SMILES string of the molecule is C[C@@]1(O)CCC[C@H]1n1c(=O)c(I)cc2cnc(N[C@@H]3CCN(C(=O)C(F)(F)F)C[C@H]3F)nc21. The molecule has 0 aromatic carbocycles. The monoisotopic (exact) mass is 583 g/mol. The van der Waals surface area contributed by atoms with Crippen LogP contribution in [0, 0.1) is 3.57 Å². The molecule has 0 unspecified atom stereocenters. The van der Waals surface area contributed by atoms with Crippen molar-refractivity contribution in [2.75, 3.05) is 18.4 Å². The van der Waals surface area contributed by atoms with Gasteiger partial charge < -0.3 is 15.3 Å². The predicted octanol–water partition coefficient (Wildman–Crippen LogP) is 2.79. The molecule has 1 aliphatic heterocycles. The predicted molar refractivity (Wildman–Crippen MR) is 120 cm³/mol. The third-order valence-corrected chi connectivity index (χ3v) is 7.08. The van der Waals surface area contributed by atoms with Gasteiger partial charge in [-0.1, -0.05) is 0 Å². The van der Waals surface area contributed by atoms with Crippen LogP contribution in [0.1, 0.15) is 38.6 Å². The maximum atomic E-state index is 14.6. The molecule has 0 spiro atoms. The number of anilines is 1. The number of fused-ring (bicyclic) bond motifs is 1. The van der Waals surface area contributed by atoms with E-state index < -0.39 is 42.5 Å². The van der Waals surface area contributed by atoms with E-state index >= 15 is 0 Å². The number of hydrogen-bond donors (Lipinski definition) is 2. The van der Waals surface area contributed by atoms with Crippen LogP contribution in [0.4, 0.5) is 23.5 Å². The van der Waals surface area contributed by atoms with Gasteiger partial charge in [0.1, 0.15) is 11.8 Å². The van der Waals surface area contributed by atoms with E-state index in [1.165, 1.54) is 10.8 Å². The fourth-order valence-electron chi connectivity index (χ4n) is 4.58. The van der Waals surface area contributed by atoms with Crippen molar-refractivity contribution in [1.29, 1.82) is 0 Å². The molecule has 2 aliphatic rings. The molecule has 2 fully saturated rings. The summed E-state index contributed by atoms with van der Waals surface area (Å²) in [6, 6.07) is 0.232. The summed E-state index contributed by atoms with van der Waals surface area (Å²) < 4.78 is 54.4. The number of rotatable bonds is 3. The van der Waals surface area contributed by atoms with Gasteiger partial charge in [0.2, 0.25) is 5.95 Å². The molecule has 8 nitrogen and oxygen atoms in total. The largest absolute Gasteiger partial charge is 0.471 e. The Morgan fingerprint density at radius 2 is 2.09 bits per heavy atom. The topological polar surface area (TPSA) is 100 Å². The van der Waals surface area contributed by atoms with Gasteiger partial charge in [-0.15, -0.1) is 0 Å². The van der Waals surface area contributed by atoms with Crippen LogP contribution in [0.3, 0.4) is 0 Å². The summed E-state index contributed by atoms with van der Waals surface area (Å²) in [7, 11) is 0. The highest BCUT2D eigenvalue weighted by Gasteiger charge is 2.45. The van der Waals surface area contributed by atoms with E-state index in [0.717, 1.165) is 6.42 Å². The van der Waals surface area contributed by atoms with Crippen LogP contribution in [0.5, 0.6) is 0 Å². The number of pyridine rings is 1. The summed E-state index contributed by atoms with van der Waals surface area (Å²) in [5.74, 6) is -2.05. The molecule has 3 heterocycles. The lowest BCUT2D eigenvalue weighted by molar-refractivity contribution is -0.187. The molecular weight excluding hydrogens is 561 g/mol. The molecule has 2 aromatic heterocycles. The first kappa shape index (κ1) is 24.1. The van der Waals surface area contributed by atoms with Crippen LogP contribution in [0.2, 0.25) is 0 Å². The van der Waals surface area contributed by atoms with Gasteiger partial charge in [0.25, 0.3) is 5.56 Å². The number of nitrogens with zero attached hydrogens (tertiary/aromatic N) is 4. The highest BCUT2D eigenvalue weighted by atomic mass is 127. The normalized spacial score (nSPS) is 28.3. The van der Waals surface area contributed by atoms with E-state index in [0.29, 0.717) is 26.7 Å².